The van der Waals surface area contributed by atoms with Crippen LogP contribution in [0, 0.1) is 33.0 Å². The van der Waals surface area contributed by atoms with Gasteiger partial charge in [0.25, 0.3) is 27.8 Å². The van der Waals surface area contributed by atoms with Gasteiger partial charge in [-0.2, -0.15) is 8.42 Å². The number of amides is 7. The highest BCUT2D eigenvalue weighted by atomic mass is 32.2. The number of thiazole rings is 1. The van der Waals surface area contributed by atoms with Crippen molar-refractivity contribution in [3.8, 4) is 0 Å². The summed E-state index contributed by atoms with van der Waals surface area (Å²) in [7, 11) is -4.59. The molecule has 3 bridgehead atoms. The van der Waals surface area contributed by atoms with E-state index in [4.69, 9.17) is 24.6 Å². The number of aromatic nitrogens is 2. The van der Waals surface area contributed by atoms with Crippen LogP contribution in [0.4, 0.5) is 21.4 Å². The molecule has 1 saturated heterocycles. The summed E-state index contributed by atoms with van der Waals surface area (Å²) >= 11 is 1.38. The largest absolute Gasteiger partial charge is 0.479 e. The maximum atomic E-state index is 14.4. The summed E-state index contributed by atoms with van der Waals surface area (Å²) in [5.41, 5.74) is 4.02. The minimum atomic E-state index is -4.59. The van der Waals surface area contributed by atoms with E-state index in [1.54, 1.807) is 50.2 Å². The summed E-state index contributed by atoms with van der Waals surface area (Å²) in [5.74, 6) is -5.97. The summed E-state index contributed by atoms with van der Waals surface area (Å²) in [5, 5.41) is 55.3. The van der Waals surface area contributed by atoms with E-state index in [0.29, 0.717) is 90.6 Å². The lowest BCUT2D eigenvalue weighted by Gasteiger charge is -2.65. The molecule has 4 saturated carbocycles. The molecule has 3 aliphatic heterocycles. The van der Waals surface area contributed by atoms with Crippen molar-refractivity contribution in [1.29, 1.82) is 5.41 Å². The molecule has 1 spiro atoms. The third-order valence-corrected chi connectivity index (χ3v) is 25.2. The van der Waals surface area contributed by atoms with Crippen LogP contribution < -0.4 is 31.5 Å². The Kier molecular flexibility index (Phi) is 23.6. The molecule has 5 aromatic rings. The minimum Gasteiger partial charge on any atom is -0.479 e. The molecule has 2 aromatic heterocycles. The second kappa shape index (κ2) is 32.4. The van der Waals surface area contributed by atoms with Crippen molar-refractivity contribution < 1.29 is 85.7 Å². The predicted molar refractivity (Wildman–Crippen MR) is 409 cm³/mol. The maximum absolute atomic E-state index is 14.4. The van der Waals surface area contributed by atoms with E-state index in [-0.39, 0.29) is 121 Å². The molecule has 31 heteroatoms. The van der Waals surface area contributed by atoms with E-state index < -0.39 is 94.2 Å². The SMILES string of the molecule is C/C(NCC12CC3(OCCN(CCS(=O)(=O)O)C(=O)OCc4ccc(NC(=O)[C@H](C)NC(=O)[C@@H](NC(=O)CCCCCN5C(=O)C=CC5=O)C(C)C)cc4CC[C@H]4C[C@@H](O)C[C@@H](C(=O)O)O4)CC4(C)CC(C)(C1)C2(C4)C3)=C(/C=N)c1ccc(N2CCc3cccc(C(=O)Nc4nc5ccccc5s4)c3C2)nc1C(=O)O. The number of aliphatic hydroxyl groups excluding tert-OH is 1. The number of carbonyl (C=O) groups excluding carboxylic acids is 7. The first-order valence-electron chi connectivity index (χ1n) is 37.6. The van der Waals surface area contributed by atoms with Gasteiger partial charge < -0.3 is 66.0 Å². The third-order valence-electron chi connectivity index (χ3n) is 23.5. The Balaban J connectivity index is 0.693. The molecule has 10 N–H and O–H groups in total. The van der Waals surface area contributed by atoms with Gasteiger partial charge in [0, 0.05) is 98.6 Å². The number of para-hydroxylation sites is 1. The van der Waals surface area contributed by atoms with E-state index in [1.165, 1.54) is 30.4 Å². The van der Waals surface area contributed by atoms with Crippen molar-refractivity contribution in [3.05, 3.63) is 130 Å². The second-order valence-electron chi connectivity index (χ2n) is 31.8. The van der Waals surface area contributed by atoms with Crippen molar-refractivity contribution in [2.45, 2.75) is 187 Å². The number of ether oxygens (including phenoxy) is 3. The van der Waals surface area contributed by atoms with E-state index >= 15 is 0 Å². The average Bonchev–Trinajstić information content (AvgIpc) is 1.45. The number of aliphatic hydroxyl groups is 1. The summed E-state index contributed by atoms with van der Waals surface area (Å²) in [6.45, 7) is 12.0. The maximum Gasteiger partial charge on any atom is 0.410 e. The first kappa shape index (κ1) is 80.0. The fourth-order valence-electron chi connectivity index (χ4n) is 18.9. The predicted octanol–water partition coefficient (Wildman–Crippen LogP) is 8.83. The van der Waals surface area contributed by atoms with Crippen molar-refractivity contribution in [3.63, 3.8) is 0 Å². The van der Waals surface area contributed by atoms with Gasteiger partial charge in [-0.1, -0.05) is 75.8 Å². The van der Waals surface area contributed by atoms with Gasteiger partial charge in [0.15, 0.2) is 16.9 Å². The number of hydrogen-bond acceptors (Lipinski definition) is 21. The van der Waals surface area contributed by atoms with E-state index in [9.17, 15) is 71.4 Å². The van der Waals surface area contributed by atoms with Crippen molar-refractivity contribution in [1.82, 2.24) is 35.7 Å². The Morgan fingerprint density at radius 3 is 2.35 bits per heavy atom. The van der Waals surface area contributed by atoms with Crippen LogP contribution in [0.2, 0.25) is 0 Å². The molecule has 5 fully saturated rings. The zero-order chi connectivity index (χ0) is 78.8. The molecule has 7 amide bonds. The number of aryl methyl sites for hydroxylation is 1. The third kappa shape index (κ3) is 17.3. The number of hydrogen-bond donors (Lipinski definition) is 10. The number of fused-ring (bicyclic) bond motifs is 4. The van der Waals surface area contributed by atoms with Gasteiger partial charge in [0.1, 0.15) is 24.5 Å². The molecule has 3 aromatic carbocycles. The molecule has 7 aliphatic rings. The van der Waals surface area contributed by atoms with Crippen LogP contribution in [0.15, 0.2) is 90.6 Å². The highest BCUT2D eigenvalue weighted by Gasteiger charge is 2.84. The highest BCUT2D eigenvalue weighted by Crippen LogP contribution is 2.89. The lowest BCUT2D eigenvalue weighted by atomic mass is 9.39. The van der Waals surface area contributed by atoms with E-state index in [0.717, 1.165) is 69.5 Å². The number of imide groups is 1. The number of unbranched alkanes of at least 4 members (excludes halogenated alkanes) is 2. The van der Waals surface area contributed by atoms with Crippen LogP contribution in [-0.2, 0) is 79.1 Å². The number of rotatable bonds is 34. The fraction of sp³-hybridized carbons (Fsp3) is 0.519. The molecular weight excluding hydrogens is 1460 g/mol. The molecule has 0 radical (unpaired) electrons. The molecule has 5 unspecified atom stereocenters. The van der Waals surface area contributed by atoms with Crippen LogP contribution in [0.1, 0.15) is 174 Å². The molecule has 5 heterocycles. The number of anilines is 3. The number of benzene rings is 3. The Bertz CT molecular complexity index is 4610. The number of allylic oxidation sites excluding steroid dienone is 2. The van der Waals surface area contributed by atoms with Crippen LogP contribution >= 0.6 is 11.3 Å². The van der Waals surface area contributed by atoms with Gasteiger partial charge in [0.05, 0.1) is 40.4 Å². The van der Waals surface area contributed by atoms with Gasteiger partial charge in [0.2, 0.25) is 17.7 Å². The summed E-state index contributed by atoms with van der Waals surface area (Å²) in [4.78, 5) is 131. The number of carboxylic acids is 2. The van der Waals surface area contributed by atoms with Crippen molar-refractivity contribution in [2.24, 2.45) is 27.6 Å². The van der Waals surface area contributed by atoms with E-state index in [1.807, 2.05) is 48.2 Å². The minimum absolute atomic E-state index is 0.0270. The normalized spacial score (nSPS) is 25.1. The van der Waals surface area contributed by atoms with Gasteiger partial charge in [-0.05, 0) is 183 Å². The molecule has 4 aliphatic carbocycles. The molecular formula is C79H97N11O18S2. The molecule has 29 nitrogen and oxygen atoms in total. The first-order valence-corrected chi connectivity index (χ1v) is 40.0. The van der Waals surface area contributed by atoms with Crippen LogP contribution in [0.5, 0.6) is 0 Å². The molecule has 12 rings (SSSR count). The Morgan fingerprint density at radius 1 is 0.845 bits per heavy atom. The number of carboxylic acid groups (broad SMARTS) is 2. The van der Waals surface area contributed by atoms with Crippen LogP contribution in [0.25, 0.3) is 15.8 Å². The summed E-state index contributed by atoms with van der Waals surface area (Å²) in [6.07, 6.45) is 7.16. The monoisotopic (exact) mass is 1550 g/mol. The topological polar surface area (TPSA) is 416 Å². The molecule has 588 valence electrons. The lowest BCUT2D eigenvalue weighted by Crippen LogP contribution is -2.62. The quantitative estimate of drug-likeness (QED) is 0.00795. The number of pyridine rings is 1. The number of aliphatic carboxylic acids is 1. The number of nitrogens with one attached hydrogen (secondary N) is 6. The number of carbonyl (C=O) groups is 9. The standard InChI is InChI=1S/C79H97N11O18S2/c1-46(2)66(86-63(92)17-8-7-11-27-90-64(93)24-25-65(90)94)70(97)82-48(4)68(95)83-52-20-18-51(50(33-52)19-21-54-34-53(91)35-60(108-54)71(98)99)38-106-74(102)88(30-32-110(103,104)105)29-31-107-78-40-75(5)39-76(6)42-77(43-78,79(76,41-75)44-78)45-81-47(3)57(36-80)55-22-23-62(85-67(55)72(100)101)89-28-26-49-13-12-14-56(58(49)37-89)69(96)87-73-84-59-15-9-10-16-61(59)109-73/h9-10,12-16,18,20,22-25,33,36,46,48,53-54,60,66,80-81,91H,7-8,11,17,19,21,26-32,34-35,37-45H2,1-6H3,(H,82,97)(H,83,95)(H,86,92)(H,98,99)(H,100,101)(H,84,87,96)(H,103,104,105)/b57-47+,80-36?/t48-,53+,54-,60-,66-,75?,76?,77?,78?,79?/m0/s1. The Morgan fingerprint density at radius 2 is 1.62 bits per heavy atom. The van der Waals surface area contributed by atoms with Gasteiger partial charge in [-0.3, -0.25) is 43.5 Å². The van der Waals surface area contributed by atoms with Crippen LogP contribution in [0.3, 0.4) is 0 Å². The Hall–Kier alpha value is -9.53. The van der Waals surface area contributed by atoms with Crippen molar-refractivity contribution in [2.75, 3.05) is 60.6 Å². The van der Waals surface area contributed by atoms with Crippen molar-refractivity contribution >= 4 is 114 Å². The smallest absolute Gasteiger partial charge is 0.410 e. The highest BCUT2D eigenvalue weighted by molar-refractivity contribution is 7.85. The van der Waals surface area contributed by atoms with Crippen LogP contribution in [-0.4, -0.2) is 189 Å². The zero-order valence-corrected chi connectivity index (χ0v) is 64.3. The first-order chi connectivity index (χ1) is 52.2. The van der Waals surface area contributed by atoms with Gasteiger partial charge >= 0.3 is 18.0 Å². The number of nitrogens with zero attached hydrogens (tertiary/aromatic N) is 5. The summed E-state index contributed by atoms with van der Waals surface area (Å²) in [6, 6.07) is 19.3. The number of aromatic carboxylic acids is 1. The fourth-order valence-corrected chi connectivity index (χ4v) is 20.2. The lowest BCUT2D eigenvalue weighted by molar-refractivity contribution is -0.166. The average molecular weight is 1550 g/mol. The molecule has 10 atom stereocenters. The van der Waals surface area contributed by atoms with Gasteiger partial charge in [-0.25, -0.2) is 24.4 Å². The summed E-state index contributed by atoms with van der Waals surface area (Å²) < 4.78 is 54.5. The molecule has 110 heavy (non-hydrogen) atoms. The Labute approximate surface area is 642 Å². The second-order valence-corrected chi connectivity index (χ2v) is 34.4. The van der Waals surface area contributed by atoms with E-state index in [2.05, 4.69) is 45.4 Å². The van der Waals surface area contributed by atoms with Gasteiger partial charge in [-0.15, -0.1) is 0 Å². The zero-order valence-electron chi connectivity index (χ0n) is 62.7.